The predicted molar refractivity (Wildman–Crippen MR) is 125 cm³/mol. The van der Waals surface area contributed by atoms with Crippen molar-refractivity contribution in [2.45, 2.75) is 31.8 Å². The van der Waals surface area contributed by atoms with Gasteiger partial charge in [-0.25, -0.2) is 4.98 Å². The van der Waals surface area contributed by atoms with Gasteiger partial charge in [-0.2, -0.15) is 0 Å². The highest BCUT2D eigenvalue weighted by molar-refractivity contribution is 7.15. The second-order valence-corrected chi connectivity index (χ2v) is 9.14. The number of aromatic nitrogens is 1. The molecule has 0 amide bonds. The van der Waals surface area contributed by atoms with Crippen LogP contribution in [0, 0.1) is 0 Å². The molecule has 4 nitrogen and oxygen atoms in total. The summed E-state index contributed by atoms with van der Waals surface area (Å²) in [6.45, 7) is 5.48. The van der Waals surface area contributed by atoms with Crippen LogP contribution in [-0.4, -0.2) is 58.7 Å². The molecule has 1 N–H and O–H groups in total. The average molecular weight is 422 g/mol. The number of hydrogen-bond acceptors (Lipinski definition) is 5. The molecule has 0 bridgehead atoms. The minimum atomic E-state index is 0.256. The summed E-state index contributed by atoms with van der Waals surface area (Å²) in [5.41, 5.74) is 2.60. The van der Waals surface area contributed by atoms with Crippen molar-refractivity contribution in [3.05, 3.63) is 77.3 Å². The van der Waals surface area contributed by atoms with E-state index in [1.807, 2.05) is 12.3 Å². The molecular weight excluding hydrogens is 390 g/mol. The Morgan fingerprint density at radius 1 is 1.00 bits per heavy atom. The van der Waals surface area contributed by atoms with E-state index in [1.165, 1.54) is 22.4 Å². The molecule has 5 heteroatoms. The van der Waals surface area contributed by atoms with Gasteiger partial charge in [0.1, 0.15) is 5.01 Å². The van der Waals surface area contributed by atoms with Crippen LogP contribution >= 0.6 is 11.3 Å². The lowest BCUT2D eigenvalue weighted by molar-refractivity contribution is 0.0551. The number of aliphatic hydroxyl groups excluding tert-OH is 1. The SMILES string of the molecule is OCC[C@@H]1CN(Cc2cnc(-c3ccccc3)s2)CCN1CCCc1ccccc1. The molecule has 0 aliphatic carbocycles. The summed E-state index contributed by atoms with van der Waals surface area (Å²) in [5.74, 6) is 0. The largest absolute Gasteiger partial charge is 0.396 e. The summed E-state index contributed by atoms with van der Waals surface area (Å²) >= 11 is 1.79. The average Bonchev–Trinajstić information content (AvgIpc) is 3.25. The molecule has 0 unspecified atom stereocenters. The minimum Gasteiger partial charge on any atom is -0.396 e. The quantitative estimate of drug-likeness (QED) is 0.559. The molecule has 158 valence electrons. The van der Waals surface area contributed by atoms with E-state index in [-0.39, 0.29) is 6.61 Å². The maximum atomic E-state index is 9.59. The first-order valence-electron chi connectivity index (χ1n) is 10.9. The van der Waals surface area contributed by atoms with E-state index in [9.17, 15) is 5.11 Å². The van der Waals surface area contributed by atoms with Crippen LogP contribution in [0.25, 0.3) is 10.6 Å². The molecule has 0 saturated carbocycles. The highest BCUT2D eigenvalue weighted by Crippen LogP contribution is 2.26. The van der Waals surface area contributed by atoms with E-state index in [1.54, 1.807) is 11.3 Å². The fourth-order valence-electron chi connectivity index (χ4n) is 4.26. The first kappa shape index (κ1) is 21.2. The van der Waals surface area contributed by atoms with Crippen molar-refractivity contribution >= 4 is 11.3 Å². The molecule has 1 aliphatic heterocycles. The second kappa shape index (κ2) is 10.8. The Bertz CT molecular complexity index is 884. The van der Waals surface area contributed by atoms with Crippen molar-refractivity contribution in [2.24, 2.45) is 0 Å². The zero-order chi connectivity index (χ0) is 20.6. The zero-order valence-electron chi connectivity index (χ0n) is 17.5. The van der Waals surface area contributed by atoms with Gasteiger partial charge in [0.15, 0.2) is 0 Å². The van der Waals surface area contributed by atoms with Gasteiger partial charge in [-0.15, -0.1) is 11.3 Å². The molecule has 3 aromatic rings. The second-order valence-electron chi connectivity index (χ2n) is 8.02. The van der Waals surface area contributed by atoms with E-state index in [4.69, 9.17) is 0 Å². The smallest absolute Gasteiger partial charge is 0.123 e. The van der Waals surface area contributed by atoms with E-state index in [0.29, 0.717) is 6.04 Å². The van der Waals surface area contributed by atoms with Crippen LogP contribution in [0.3, 0.4) is 0 Å². The van der Waals surface area contributed by atoms with Gasteiger partial charge in [0.2, 0.25) is 0 Å². The van der Waals surface area contributed by atoms with Gasteiger partial charge in [0.25, 0.3) is 0 Å². The van der Waals surface area contributed by atoms with E-state index in [0.717, 1.165) is 50.6 Å². The van der Waals surface area contributed by atoms with Crippen LogP contribution in [-0.2, 0) is 13.0 Å². The van der Waals surface area contributed by atoms with Crippen LogP contribution in [0.2, 0.25) is 0 Å². The summed E-state index contributed by atoms with van der Waals surface area (Å²) in [7, 11) is 0. The molecule has 4 rings (SSSR count). The summed E-state index contributed by atoms with van der Waals surface area (Å²) < 4.78 is 0. The first-order chi connectivity index (χ1) is 14.8. The fraction of sp³-hybridized carbons (Fsp3) is 0.400. The van der Waals surface area contributed by atoms with Crippen LogP contribution in [0.1, 0.15) is 23.3 Å². The lowest BCUT2D eigenvalue weighted by atomic mass is 10.1. The third-order valence-electron chi connectivity index (χ3n) is 5.86. The maximum Gasteiger partial charge on any atom is 0.123 e. The van der Waals surface area contributed by atoms with Gasteiger partial charge < -0.3 is 5.11 Å². The molecular formula is C25H31N3OS. The molecule has 1 atom stereocenters. The third-order valence-corrected chi connectivity index (χ3v) is 6.89. The number of benzene rings is 2. The molecule has 2 aromatic carbocycles. The lowest BCUT2D eigenvalue weighted by Crippen LogP contribution is -2.53. The Morgan fingerprint density at radius 2 is 1.77 bits per heavy atom. The molecule has 1 aliphatic rings. The Kier molecular flexibility index (Phi) is 7.65. The summed E-state index contributed by atoms with van der Waals surface area (Å²) in [6, 6.07) is 21.6. The molecule has 1 aromatic heterocycles. The van der Waals surface area contributed by atoms with Gasteiger partial charge in [-0.3, -0.25) is 9.80 Å². The number of aryl methyl sites for hydroxylation is 1. The van der Waals surface area contributed by atoms with Crippen LogP contribution < -0.4 is 0 Å². The molecule has 1 saturated heterocycles. The summed E-state index contributed by atoms with van der Waals surface area (Å²) in [4.78, 5) is 11.1. The van der Waals surface area contributed by atoms with Crippen molar-refractivity contribution in [2.75, 3.05) is 32.8 Å². The van der Waals surface area contributed by atoms with Gasteiger partial charge >= 0.3 is 0 Å². The Hall–Kier alpha value is -2.05. The van der Waals surface area contributed by atoms with E-state index < -0.39 is 0 Å². The highest BCUT2D eigenvalue weighted by atomic mass is 32.1. The number of thiazole rings is 1. The first-order valence-corrected chi connectivity index (χ1v) is 11.7. The van der Waals surface area contributed by atoms with Crippen molar-refractivity contribution in [1.29, 1.82) is 0 Å². The van der Waals surface area contributed by atoms with Crippen molar-refractivity contribution in [3.8, 4) is 10.6 Å². The molecule has 1 fully saturated rings. The van der Waals surface area contributed by atoms with E-state index in [2.05, 4.69) is 69.4 Å². The third kappa shape index (κ3) is 5.76. The van der Waals surface area contributed by atoms with Crippen LogP contribution in [0.4, 0.5) is 0 Å². The Balaban J connectivity index is 1.30. The fourth-order valence-corrected chi connectivity index (χ4v) is 5.22. The monoisotopic (exact) mass is 421 g/mol. The minimum absolute atomic E-state index is 0.256. The number of hydrogen-bond donors (Lipinski definition) is 1. The Labute approximate surface area is 183 Å². The number of piperazine rings is 1. The topological polar surface area (TPSA) is 39.6 Å². The van der Waals surface area contributed by atoms with Crippen molar-refractivity contribution < 1.29 is 5.11 Å². The molecule has 2 heterocycles. The van der Waals surface area contributed by atoms with Gasteiger partial charge in [-0.05, 0) is 31.4 Å². The lowest BCUT2D eigenvalue weighted by Gasteiger charge is -2.41. The normalized spacial score (nSPS) is 18.0. The van der Waals surface area contributed by atoms with E-state index >= 15 is 0 Å². The predicted octanol–water partition coefficient (Wildman–Crippen LogP) is 4.31. The Morgan fingerprint density at radius 3 is 2.53 bits per heavy atom. The molecule has 0 spiro atoms. The maximum absolute atomic E-state index is 9.59. The summed E-state index contributed by atoms with van der Waals surface area (Å²) in [6.07, 6.45) is 5.16. The van der Waals surface area contributed by atoms with Crippen molar-refractivity contribution in [3.63, 3.8) is 0 Å². The van der Waals surface area contributed by atoms with Crippen LogP contribution in [0.15, 0.2) is 66.9 Å². The standard InChI is InChI=1S/C25H31N3OS/c29-17-13-23-19-27(15-16-28(23)14-7-10-21-8-3-1-4-9-21)20-24-18-26-25(30-24)22-11-5-2-6-12-22/h1-6,8-9,11-12,18,23,29H,7,10,13-17,19-20H2/t23-/m1/s1. The van der Waals surface area contributed by atoms with Gasteiger partial charge in [-0.1, -0.05) is 60.7 Å². The van der Waals surface area contributed by atoms with Crippen molar-refractivity contribution in [1.82, 2.24) is 14.8 Å². The van der Waals surface area contributed by atoms with Gasteiger partial charge in [0.05, 0.1) is 0 Å². The molecule has 30 heavy (non-hydrogen) atoms. The molecule has 0 radical (unpaired) electrons. The number of rotatable bonds is 9. The van der Waals surface area contributed by atoms with Gasteiger partial charge in [0, 0.05) is 55.5 Å². The van der Waals surface area contributed by atoms with Crippen LogP contribution in [0.5, 0.6) is 0 Å². The summed E-state index contributed by atoms with van der Waals surface area (Å²) in [5, 5.41) is 10.7. The highest BCUT2D eigenvalue weighted by Gasteiger charge is 2.26. The zero-order valence-corrected chi connectivity index (χ0v) is 18.3. The number of aliphatic hydroxyl groups is 1. The number of nitrogens with zero attached hydrogens (tertiary/aromatic N) is 3.